The largest absolute Gasteiger partial charge is 0.352 e. The summed E-state index contributed by atoms with van der Waals surface area (Å²) in [5.41, 5.74) is 1.67. The molecule has 0 bridgehead atoms. The lowest BCUT2D eigenvalue weighted by molar-refractivity contribution is -0.147. The monoisotopic (exact) mass is 431 g/mol. The molecule has 0 aliphatic carbocycles. The Balaban J connectivity index is 1.62. The fraction of sp³-hybridized carbons (Fsp3) is 0.348. The lowest BCUT2D eigenvalue weighted by Gasteiger charge is -2.18. The first-order chi connectivity index (χ1) is 14.8. The Hall–Kier alpha value is -3.16. The number of amides is 2. The van der Waals surface area contributed by atoms with Crippen LogP contribution < -0.4 is 5.32 Å². The second-order valence-electron chi connectivity index (χ2n) is 7.42. The Labute approximate surface area is 178 Å². The first-order valence-corrected chi connectivity index (χ1v) is 10.1. The first kappa shape index (κ1) is 22.5. The summed E-state index contributed by atoms with van der Waals surface area (Å²) in [6.07, 6.45) is 0.662. The van der Waals surface area contributed by atoms with Gasteiger partial charge in [0.15, 0.2) is 0 Å². The van der Waals surface area contributed by atoms with E-state index in [0.29, 0.717) is 18.7 Å². The van der Waals surface area contributed by atoms with Gasteiger partial charge in [-0.3, -0.25) is 9.59 Å². The van der Waals surface area contributed by atoms with Crippen LogP contribution in [-0.2, 0) is 22.1 Å². The van der Waals surface area contributed by atoms with E-state index in [4.69, 9.17) is 0 Å². The number of benzene rings is 2. The maximum absolute atomic E-state index is 14.3. The molecule has 0 radical (unpaired) electrons. The molecule has 0 spiro atoms. The van der Waals surface area contributed by atoms with Gasteiger partial charge >= 0.3 is 5.92 Å². The maximum atomic E-state index is 14.3. The molecule has 2 aromatic carbocycles. The van der Waals surface area contributed by atoms with Crippen LogP contribution in [0.1, 0.15) is 36.5 Å². The van der Waals surface area contributed by atoms with Crippen LogP contribution in [-0.4, -0.2) is 29.1 Å². The molecular formula is C23H24F3N3O2. The van der Waals surface area contributed by atoms with E-state index in [1.54, 1.807) is 0 Å². The van der Waals surface area contributed by atoms with Crippen molar-refractivity contribution in [2.24, 2.45) is 11.0 Å². The SMILES string of the molecule is CCC1=NN(Cc2ccccc2C)C(=O)C1CCNC(=O)C(F)(F)c1ccccc1F. The second-order valence-corrected chi connectivity index (χ2v) is 7.42. The van der Waals surface area contributed by atoms with E-state index < -0.39 is 29.1 Å². The van der Waals surface area contributed by atoms with Gasteiger partial charge in [0, 0.05) is 6.54 Å². The van der Waals surface area contributed by atoms with E-state index in [0.717, 1.165) is 23.3 Å². The molecule has 3 rings (SSSR count). The van der Waals surface area contributed by atoms with Crippen molar-refractivity contribution < 1.29 is 22.8 Å². The number of alkyl halides is 2. The highest BCUT2D eigenvalue weighted by Crippen LogP contribution is 2.30. The van der Waals surface area contributed by atoms with Crippen molar-refractivity contribution in [2.75, 3.05) is 6.54 Å². The highest BCUT2D eigenvalue weighted by molar-refractivity contribution is 6.07. The fourth-order valence-electron chi connectivity index (χ4n) is 3.54. The number of halogens is 3. The number of aryl methyl sites for hydroxylation is 1. The van der Waals surface area contributed by atoms with Crippen LogP contribution >= 0.6 is 0 Å². The van der Waals surface area contributed by atoms with Gasteiger partial charge in [-0.25, -0.2) is 9.40 Å². The zero-order valence-electron chi connectivity index (χ0n) is 17.4. The highest BCUT2D eigenvalue weighted by atomic mass is 19.3. The molecular weight excluding hydrogens is 407 g/mol. The number of carbonyl (C=O) groups excluding carboxylic acids is 2. The summed E-state index contributed by atoms with van der Waals surface area (Å²) in [7, 11) is 0. The normalized spacial score (nSPS) is 16.4. The molecule has 1 aliphatic rings. The molecule has 2 amide bonds. The fourth-order valence-corrected chi connectivity index (χ4v) is 3.54. The Morgan fingerprint density at radius 1 is 1.16 bits per heavy atom. The number of hydrogen-bond donors (Lipinski definition) is 1. The summed E-state index contributed by atoms with van der Waals surface area (Å²) in [6, 6.07) is 11.9. The number of carbonyl (C=O) groups is 2. The predicted octanol–water partition coefficient (Wildman–Crippen LogP) is 4.16. The topological polar surface area (TPSA) is 61.8 Å². The van der Waals surface area contributed by atoms with Crippen LogP contribution in [0.25, 0.3) is 0 Å². The van der Waals surface area contributed by atoms with Crippen LogP contribution in [0.3, 0.4) is 0 Å². The minimum atomic E-state index is -4.01. The Kier molecular flexibility index (Phi) is 6.77. The van der Waals surface area contributed by atoms with Crippen LogP contribution in [0.5, 0.6) is 0 Å². The van der Waals surface area contributed by atoms with Crippen LogP contribution in [0, 0.1) is 18.7 Å². The van der Waals surface area contributed by atoms with Gasteiger partial charge in [0.2, 0.25) is 0 Å². The minimum absolute atomic E-state index is 0.134. The van der Waals surface area contributed by atoms with Crippen molar-refractivity contribution in [2.45, 2.75) is 39.2 Å². The third-order valence-corrected chi connectivity index (χ3v) is 5.36. The molecule has 164 valence electrons. The van der Waals surface area contributed by atoms with Crippen molar-refractivity contribution in [3.63, 3.8) is 0 Å². The number of hydrogen-bond acceptors (Lipinski definition) is 3. The van der Waals surface area contributed by atoms with Crippen molar-refractivity contribution in [3.8, 4) is 0 Å². The van der Waals surface area contributed by atoms with Gasteiger partial charge in [0.25, 0.3) is 11.8 Å². The van der Waals surface area contributed by atoms with Crippen molar-refractivity contribution in [1.82, 2.24) is 10.3 Å². The summed E-state index contributed by atoms with van der Waals surface area (Å²) in [6.45, 7) is 3.98. The maximum Gasteiger partial charge on any atom is 0.352 e. The molecule has 1 atom stereocenters. The number of nitrogens with zero attached hydrogens (tertiary/aromatic N) is 2. The van der Waals surface area contributed by atoms with E-state index >= 15 is 0 Å². The summed E-state index contributed by atoms with van der Waals surface area (Å²) in [4.78, 5) is 24.8. The number of rotatable bonds is 8. The Bertz CT molecular complexity index is 1010. The molecule has 0 saturated carbocycles. The second kappa shape index (κ2) is 9.32. The molecule has 5 nitrogen and oxygen atoms in total. The van der Waals surface area contributed by atoms with Gasteiger partial charge in [0.1, 0.15) is 5.82 Å². The zero-order valence-corrected chi connectivity index (χ0v) is 17.4. The van der Waals surface area contributed by atoms with Gasteiger partial charge in [0.05, 0.1) is 23.7 Å². The predicted molar refractivity (Wildman–Crippen MR) is 111 cm³/mol. The smallest absolute Gasteiger partial charge is 0.351 e. The average molecular weight is 431 g/mol. The molecule has 1 aliphatic heterocycles. The molecule has 0 saturated heterocycles. The van der Waals surface area contributed by atoms with Crippen LogP contribution in [0.2, 0.25) is 0 Å². The molecule has 0 aromatic heterocycles. The molecule has 1 unspecified atom stereocenters. The lowest BCUT2D eigenvalue weighted by atomic mass is 9.97. The summed E-state index contributed by atoms with van der Waals surface area (Å²) in [5, 5.41) is 7.92. The van der Waals surface area contributed by atoms with E-state index in [2.05, 4.69) is 10.4 Å². The molecule has 2 aromatic rings. The third kappa shape index (κ3) is 4.78. The third-order valence-electron chi connectivity index (χ3n) is 5.36. The van der Waals surface area contributed by atoms with Gasteiger partial charge in [-0.05, 0) is 43.0 Å². The van der Waals surface area contributed by atoms with Crippen LogP contribution in [0.15, 0.2) is 53.6 Å². The average Bonchev–Trinajstić information content (AvgIpc) is 3.04. The first-order valence-electron chi connectivity index (χ1n) is 10.1. The van der Waals surface area contributed by atoms with Crippen molar-refractivity contribution in [3.05, 3.63) is 71.0 Å². The van der Waals surface area contributed by atoms with E-state index in [1.807, 2.05) is 38.1 Å². The minimum Gasteiger partial charge on any atom is -0.351 e. The molecule has 8 heteroatoms. The van der Waals surface area contributed by atoms with Gasteiger partial charge in [-0.1, -0.05) is 43.3 Å². The van der Waals surface area contributed by atoms with Gasteiger partial charge in [-0.15, -0.1) is 0 Å². The summed E-state index contributed by atoms with van der Waals surface area (Å²) >= 11 is 0. The van der Waals surface area contributed by atoms with Crippen molar-refractivity contribution in [1.29, 1.82) is 0 Å². The highest BCUT2D eigenvalue weighted by Gasteiger charge is 2.43. The molecule has 0 fully saturated rings. The lowest BCUT2D eigenvalue weighted by Crippen LogP contribution is -2.40. The number of hydrazone groups is 1. The van der Waals surface area contributed by atoms with E-state index in [1.165, 1.54) is 17.1 Å². The van der Waals surface area contributed by atoms with Crippen LogP contribution in [0.4, 0.5) is 13.2 Å². The molecule has 31 heavy (non-hydrogen) atoms. The van der Waals surface area contributed by atoms with Gasteiger partial charge in [-0.2, -0.15) is 13.9 Å². The molecule has 1 N–H and O–H groups in total. The standard InChI is InChI=1S/C23H24F3N3O2/c1-3-20-17(21(30)29(28-20)14-16-9-5-4-8-15(16)2)12-13-27-22(31)23(25,26)18-10-6-7-11-19(18)24/h4-11,17H,3,12-14H2,1-2H3,(H,27,31). The van der Waals surface area contributed by atoms with E-state index in [-0.39, 0.29) is 18.9 Å². The molecule has 1 heterocycles. The number of nitrogens with one attached hydrogen (secondary N) is 1. The quantitative estimate of drug-likeness (QED) is 0.682. The van der Waals surface area contributed by atoms with Gasteiger partial charge < -0.3 is 5.32 Å². The van der Waals surface area contributed by atoms with E-state index in [9.17, 15) is 22.8 Å². The summed E-state index contributed by atoms with van der Waals surface area (Å²) in [5.74, 6) is -7.58. The Morgan fingerprint density at radius 3 is 2.52 bits per heavy atom. The summed E-state index contributed by atoms with van der Waals surface area (Å²) < 4.78 is 42.3. The van der Waals surface area contributed by atoms with Crippen molar-refractivity contribution >= 4 is 17.5 Å². The Morgan fingerprint density at radius 2 is 1.84 bits per heavy atom. The zero-order chi connectivity index (χ0) is 22.6.